The van der Waals surface area contributed by atoms with Crippen molar-refractivity contribution < 1.29 is 14.0 Å². The predicted molar refractivity (Wildman–Crippen MR) is 146 cm³/mol. The van der Waals surface area contributed by atoms with Gasteiger partial charge in [-0.15, -0.1) is 0 Å². The first kappa shape index (κ1) is 24.5. The largest absolute Gasteiger partial charge is 0.347 e. The zero-order valence-electron chi connectivity index (χ0n) is 22.0. The van der Waals surface area contributed by atoms with E-state index in [0.717, 1.165) is 54.4 Å². The Morgan fingerprint density at radius 3 is 2.41 bits per heavy atom. The molecule has 200 valence electrons. The van der Waals surface area contributed by atoms with Crippen molar-refractivity contribution in [3.63, 3.8) is 0 Å². The third-order valence-corrected chi connectivity index (χ3v) is 9.44. The Bertz CT molecular complexity index is 1410. The van der Waals surface area contributed by atoms with Gasteiger partial charge in [0.1, 0.15) is 5.82 Å². The van der Waals surface area contributed by atoms with Crippen LogP contribution in [0.3, 0.4) is 0 Å². The molecule has 4 fully saturated rings. The molecule has 5 aliphatic rings. The van der Waals surface area contributed by atoms with E-state index in [-0.39, 0.29) is 35.3 Å². The van der Waals surface area contributed by atoms with E-state index in [2.05, 4.69) is 15.6 Å². The van der Waals surface area contributed by atoms with Crippen LogP contribution in [0.1, 0.15) is 60.0 Å². The number of hydrogen-bond acceptors (Lipinski definition) is 4. The quantitative estimate of drug-likeness (QED) is 0.484. The topological polar surface area (TPSA) is 74.3 Å². The van der Waals surface area contributed by atoms with Gasteiger partial charge in [0.25, 0.3) is 5.91 Å². The molecule has 4 aliphatic carbocycles. The van der Waals surface area contributed by atoms with Crippen LogP contribution in [0.2, 0.25) is 0 Å². The summed E-state index contributed by atoms with van der Waals surface area (Å²) in [6.45, 7) is 1.27. The maximum Gasteiger partial charge on any atom is 0.251 e. The molecule has 2 N–H and O–H groups in total. The molecule has 7 heteroatoms. The van der Waals surface area contributed by atoms with Gasteiger partial charge in [0, 0.05) is 42.1 Å². The molecule has 2 amide bonds. The summed E-state index contributed by atoms with van der Waals surface area (Å²) >= 11 is 0. The lowest BCUT2D eigenvalue weighted by Crippen LogP contribution is -2.69. The number of fused-ring (bicyclic) bond motifs is 1. The number of nitrogens with zero attached hydrogens (tertiary/aromatic N) is 2. The average molecular weight is 525 g/mol. The van der Waals surface area contributed by atoms with E-state index >= 15 is 0 Å². The van der Waals surface area contributed by atoms with Gasteiger partial charge in [-0.3, -0.25) is 14.6 Å². The summed E-state index contributed by atoms with van der Waals surface area (Å²) in [5.74, 6) is 0.880. The molecule has 0 saturated heterocycles. The number of halogens is 1. The van der Waals surface area contributed by atoms with Crippen LogP contribution < -0.4 is 10.6 Å². The lowest BCUT2D eigenvalue weighted by molar-refractivity contribution is -0.132. The molecule has 2 unspecified atom stereocenters. The van der Waals surface area contributed by atoms with Crippen LogP contribution in [0.5, 0.6) is 0 Å². The number of amides is 2. The minimum atomic E-state index is -0.258. The van der Waals surface area contributed by atoms with E-state index in [4.69, 9.17) is 0 Å². The van der Waals surface area contributed by atoms with Crippen molar-refractivity contribution in [2.75, 3.05) is 6.54 Å². The number of carbonyl (C=O) groups is 2. The first-order valence-electron chi connectivity index (χ1n) is 14.0. The van der Waals surface area contributed by atoms with Gasteiger partial charge in [-0.2, -0.15) is 0 Å². The number of nitrogens with one attached hydrogen (secondary N) is 2. The van der Waals surface area contributed by atoms with E-state index in [1.54, 1.807) is 12.3 Å². The van der Waals surface area contributed by atoms with Crippen LogP contribution in [-0.4, -0.2) is 39.3 Å². The normalized spacial score (nSPS) is 28.4. The van der Waals surface area contributed by atoms with Gasteiger partial charge in [0.05, 0.1) is 6.54 Å². The van der Waals surface area contributed by atoms with Crippen LogP contribution in [0.15, 0.2) is 67.0 Å². The number of hydrogen-bond donors (Lipinski definition) is 2. The van der Waals surface area contributed by atoms with Gasteiger partial charge in [-0.25, -0.2) is 4.39 Å². The van der Waals surface area contributed by atoms with Crippen molar-refractivity contribution >= 4 is 11.8 Å². The standard InChI is InChI=1S/C32H33FN4O2/c33-28-8-7-26-18-37(19-27(26)11-28)29(38)17-35-31-12-21-10-22(13-31)15-32(14-21,20-31)36-30(39)24-5-3-23(4-6-24)25-2-1-9-34-16-25/h1-9,11,16,21-22,35H,10,12-15,17-20H2,(H,36,39). The summed E-state index contributed by atoms with van der Waals surface area (Å²) in [4.78, 5) is 32.6. The Balaban J connectivity index is 1.02. The molecule has 2 atom stereocenters. The molecule has 8 rings (SSSR count). The highest BCUT2D eigenvalue weighted by Crippen LogP contribution is 2.57. The second kappa shape index (κ2) is 9.26. The fraction of sp³-hybridized carbons (Fsp3) is 0.406. The lowest BCUT2D eigenvalue weighted by atomic mass is 9.50. The fourth-order valence-electron chi connectivity index (χ4n) is 8.19. The lowest BCUT2D eigenvalue weighted by Gasteiger charge is -2.62. The predicted octanol–water partition coefficient (Wildman–Crippen LogP) is 4.84. The maximum absolute atomic E-state index is 13.6. The molecule has 2 heterocycles. The van der Waals surface area contributed by atoms with E-state index < -0.39 is 0 Å². The van der Waals surface area contributed by atoms with Crippen LogP contribution in [0.4, 0.5) is 4.39 Å². The number of pyridine rings is 1. The summed E-state index contributed by atoms with van der Waals surface area (Å²) in [7, 11) is 0. The van der Waals surface area contributed by atoms with E-state index in [0.29, 0.717) is 30.5 Å². The first-order chi connectivity index (χ1) is 18.9. The molecule has 1 aliphatic heterocycles. The molecular weight excluding hydrogens is 491 g/mol. The second-order valence-corrected chi connectivity index (χ2v) is 12.3. The molecule has 4 bridgehead atoms. The van der Waals surface area contributed by atoms with Crippen LogP contribution >= 0.6 is 0 Å². The van der Waals surface area contributed by atoms with Crippen molar-refractivity contribution in [2.24, 2.45) is 11.8 Å². The van der Waals surface area contributed by atoms with Crippen LogP contribution in [-0.2, 0) is 17.9 Å². The van der Waals surface area contributed by atoms with Crippen molar-refractivity contribution in [3.8, 4) is 11.1 Å². The molecule has 39 heavy (non-hydrogen) atoms. The Morgan fingerprint density at radius 1 is 0.923 bits per heavy atom. The van der Waals surface area contributed by atoms with Crippen molar-refractivity contribution in [1.82, 2.24) is 20.5 Å². The Morgan fingerprint density at radius 2 is 1.67 bits per heavy atom. The SMILES string of the molecule is O=C(NC12CC3CC(CC(NCC(=O)N4Cc5ccc(F)cc5C4)(C3)C1)C2)c1ccc(-c2cccnc2)cc1. The Hall–Kier alpha value is -3.58. The van der Waals surface area contributed by atoms with Gasteiger partial charge in [-0.1, -0.05) is 24.3 Å². The Labute approximate surface area is 228 Å². The van der Waals surface area contributed by atoms with Gasteiger partial charge in [0.2, 0.25) is 5.91 Å². The summed E-state index contributed by atoms with van der Waals surface area (Å²) < 4.78 is 13.6. The fourth-order valence-corrected chi connectivity index (χ4v) is 8.19. The van der Waals surface area contributed by atoms with Crippen LogP contribution in [0.25, 0.3) is 11.1 Å². The number of rotatable bonds is 6. The minimum Gasteiger partial charge on any atom is -0.347 e. The van der Waals surface area contributed by atoms with E-state index in [1.165, 1.54) is 18.6 Å². The third-order valence-electron chi connectivity index (χ3n) is 9.44. The summed E-state index contributed by atoms with van der Waals surface area (Å²) in [6, 6.07) is 16.4. The molecule has 0 radical (unpaired) electrons. The average Bonchev–Trinajstić information content (AvgIpc) is 3.35. The van der Waals surface area contributed by atoms with E-state index in [9.17, 15) is 14.0 Å². The number of benzene rings is 2. The molecule has 6 nitrogen and oxygen atoms in total. The highest BCUT2D eigenvalue weighted by atomic mass is 19.1. The summed E-state index contributed by atoms with van der Waals surface area (Å²) in [5.41, 5.74) is 4.28. The first-order valence-corrected chi connectivity index (χ1v) is 14.0. The van der Waals surface area contributed by atoms with Crippen molar-refractivity contribution in [3.05, 3.63) is 89.5 Å². The second-order valence-electron chi connectivity index (χ2n) is 12.3. The third kappa shape index (κ3) is 4.63. The van der Waals surface area contributed by atoms with Crippen molar-refractivity contribution in [2.45, 2.75) is 62.7 Å². The number of carbonyl (C=O) groups excluding carboxylic acids is 2. The molecular formula is C32H33FN4O2. The van der Waals surface area contributed by atoms with Gasteiger partial charge < -0.3 is 15.5 Å². The van der Waals surface area contributed by atoms with Crippen molar-refractivity contribution in [1.29, 1.82) is 0 Å². The zero-order valence-corrected chi connectivity index (χ0v) is 22.0. The van der Waals surface area contributed by atoms with Gasteiger partial charge >= 0.3 is 0 Å². The summed E-state index contributed by atoms with van der Waals surface area (Å²) in [6.07, 6.45) is 9.76. The molecule has 0 spiro atoms. The Kier molecular flexibility index (Phi) is 5.81. The van der Waals surface area contributed by atoms with Crippen LogP contribution in [0, 0.1) is 17.7 Å². The highest BCUT2D eigenvalue weighted by molar-refractivity contribution is 5.95. The molecule has 2 aromatic carbocycles. The van der Waals surface area contributed by atoms with Gasteiger partial charge in [-0.05, 0) is 103 Å². The molecule has 1 aromatic heterocycles. The van der Waals surface area contributed by atoms with E-state index in [1.807, 2.05) is 47.5 Å². The molecule has 3 aromatic rings. The highest BCUT2D eigenvalue weighted by Gasteiger charge is 2.58. The minimum absolute atomic E-state index is 0.0250. The monoisotopic (exact) mass is 524 g/mol. The smallest absolute Gasteiger partial charge is 0.251 e. The summed E-state index contributed by atoms with van der Waals surface area (Å²) in [5, 5.41) is 7.15. The zero-order chi connectivity index (χ0) is 26.6. The maximum atomic E-state index is 13.6. The molecule has 4 saturated carbocycles. The van der Waals surface area contributed by atoms with Gasteiger partial charge in [0.15, 0.2) is 0 Å². The number of aromatic nitrogens is 1.